The Balaban J connectivity index is 1.91. The van der Waals surface area contributed by atoms with Crippen LogP contribution in [0.25, 0.3) is 22.2 Å². The number of para-hydroxylation sites is 2. The molecule has 1 aliphatic rings. The maximum Gasteiger partial charge on any atom is 0.281 e. The molecule has 0 saturated heterocycles. The maximum atomic E-state index is 12.7. The fraction of sp³-hybridized carbons (Fsp3) is 0.0833. The molecule has 3 aromatic carbocycles. The first-order valence-electron chi connectivity index (χ1n) is 9.34. The normalized spacial score (nSPS) is 14.2. The molecule has 1 N–H and O–H groups in total. The zero-order valence-corrected chi connectivity index (χ0v) is 15.8. The van der Waals surface area contributed by atoms with E-state index in [1.807, 2.05) is 59.2 Å². The van der Waals surface area contributed by atoms with Gasteiger partial charge in [0, 0.05) is 0 Å². The Morgan fingerprint density at radius 2 is 1.72 bits per heavy atom. The first-order chi connectivity index (χ1) is 14.2. The fourth-order valence-electron chi connectivity index (χ4n) is 3.97. The van der Waals surface area contributed by atoms with Crippen molar-refractivity contribution < 1.29 is 9.84 Å². The van der Waals surface area contributed by atoms with Crippen LogP contribution in [0, 0.1) is 0 Å². The Labute approximate surface area is 167 Å². The summed E-state index contributed by atoms with van der Waals surface area (Å²) in [5, 5.41) is 11.9. The van der Waals surface area contributed by atoms with E-state index in [-0.39, 0.29) is 11.3 Å². The van der Waals surface area contributed by atoms with E-state index in [1.165, 1.54) is 0 Å². The lowest BCUT2D eigenvalue weighted by Crippen LogP contribution is -2.24. The monoisotopic (exact) mass is 382 g/mol. The molecule has 0 amide bonds. The Morgan fingerprint density at radius 1 is 1.00 bits per heavy atom. The van der Waals surface area contributed by atoms with Crippen LogP contribution in [-0.4, -0.2) is 21.8 Å². The van der Waals surface area contributed by atoms with Gasteiger partial charge in [-0.05, 0) is 35.4 Å². The number of aromatic nitrogens is 2. The number of hydrogen-bond donors (Lipinski definition) is 1. The number of aliphatic hydroxyl groups is 1. The van der Waals surface area contributed by atoms with Gasteiger partial charge >= 0.3 is 0 Å². The van der Waals surface area contributed by atoms with Crippen molar-refractivity contribution in [2.75, 3.05) is 7.11 Å². The van der Waals surface area contributed by atoms with E-state index in [4.69, 9.17) is 4.74 Å². The number of ether oxygens (including phenoxy) is 1. The average molecular weight is 382 g/mol. The molecule has 0 radical (unpaired) electrons. The lowest BCUT2D eigenvalue weighted by atomic mass is 9.92. The van der Waals surface area contributed by atoms with Crippen molar-refractivity contribution in [1.29, 1.82) is 0 Å². The van der Waals surface area contributed by atoms with Gasteiger partial charge in [-0.3, -0.25) is 4.79 Å². The number of rotatable bonds is 2. The van der Waals surface area contributed by atoms with Crippen molar-refractivity contribution in [3.05, 3.63) is 106 Å². The highest BCUT2D eigenvalue weighted by Crippen LogP contribution is 2.38. The second-order valence-electron chi connectivity index (χ2n) is 6.92. The summed E-state index contributed by atoms with van der Waals surface area (Å²) in [6.45, 7) is 0.571. The molecule has 1 aliphatic heterocycles. The van der Waals surface area contributed by atoms with E-state index in [1.54, 1.807) is 25.3 Å². The smallest absolute Gasteiger partial charge is 0.281 e. The molecule has 0 spiro atoms. The van der Waals surface area contributed by atoms with Gasteiger partial charge < -0.3 is 14.4 Å². The van der Waals surface area contributed by atoms with Gasteiger partial charge in [0.25, 0.3) is 5.56 Å². The highest BCUT2D eigenvalue weighted by molar-refractivity contribution is 5.97. The third-order valence-electron chi connectivity index (χ3n) is 5.33. The number of methoxy groups -OCH3 is 1. The van der Waals surface area contributed by atoms with E-state index in [9.17, 15) is 9.90 Å². The Kier molecular flexibility index (Phi) is 3.95. The van der Waals surface area contributed by atoms with Gasteiger partial charge in [0.1, 0.15) is 17.3 Å². The molecule has 142 valence electrons. The van der Waals surface area contributed by atoms with Gasteiger partial charge in [-0.1, -0.05) is 48.5 Å². The molecule has 0 aliphatic carbocycles. The van der Waals surface area contributed by atoms with Gasteiger partial charge in [-0.15, -0.1) is 0 Å². The van der Waals surface area contributed by atoms with Gasteiger partial charge in [-0.2, -0.15) is 4.98 Å². The van der Waals surface area contributed by atoms with Crippen molar-refractivity contribution in [3.63, 3.8) is 0 Å². The number of hydrogen-bond acceptors (Lipinski definition) is 4. The van der Waals surface area contributed by atoms with Gasteiger partial charge in [0.2, 0.25) is 0 Å². The predicted octanol–water partition coefficient (Wildman–Crippen LogP) is 4.24. The maximum absolute atomic E-state index is 12.7. The van der Waals surface area contributed by atoms with Gasteiger partial charge in [0.05, 0.1) is 35.7 Å². The van der Waals surface area contributed by atoms with Crippen LogP contribution in [0.3, 0.4) is 0 Å². The lowest BCUT2D eigenvalue weighted by Gasteiger charge is -2.26. The molecule has 5 heteroatoms. The molecule has 0 saturated carbocycles. The van der Waals surface area contributed by atoms with Crippen LogP contribution in [0.5, 0.6) is 5.75 Å². The van der Waals surface area contributed by atoms with Crippen LogP contribution in [0.2, 0.25) is 0 Å². The molecule has 29 heavy (non-hydrogen) atoms. The Morgan fingerprint density at radius 3 is 2.59 bits per heavy atom. The summed E-state index contributed by atoms with van der Waals surface area (Å²) in [5.41, 5.74) is 3.47. The zero-order valence-electron chi connectivity index (χ0n) is 15.8. The molecular formula is C24H18N2O3. The second kappa shape index (κ2) is 6.63. The fourth-order valence-corrected chi connectivity index (χ4v) is 3.97. The summed E-state index contributed by atoms with van der Waals surface area (Å²) in [6, 6.07) is 22.6. The van der Waals surface area contributed by atoms with E-state index in [0.29, 0.717) is 34.6 Å². The molecule has 0 fully saturated rings. The van der Waals surface area contributed by atoms with Crippen molar-refractivity contribution in [3.8, 4) is 5.75 Å². The SMILES string of the molecule is COc1ccccc1C(O)=C1c2ccccc2Cn2c1nc(=O)c1ccccc12. The minimum Gasteiger partial charge on any atom is -0.506 e. The predicted molar refractivity (Wildman–Crippen MR) is 113 cm³/mol. The molecular weight excluding hydrogens is 364 g/mol. The first kappa shape index (κ1) is 17.3. The number of nitrogens with zero attached hydrogens (tertiary/aromatic N) is 2. The molecule has 2 heterocycles. The van der Waals surface area contributed by atoms with Crippen molar-refractivity contribution in [2.24, 2.45) is 0 Å². The van der Waals surface area contributed by atoms with E-state index in [2.05, 4.69) is 4.98 Å². The Bertz CT molecular complexity index is 1350. The summed E-state index contributed by atoms with van der Waals surface area (Å²) in [5.74, 6) is 1.04. The van der Waals surface area contributed by atoms with Crippen LogP contribution < -0.4 is 10.3 Å². The highest BCUT2D eigenvalue weighted by atomic mass is 16.5. The molecule has 0 unspecified atom stereocenters. The third kappa shape index (κ3) is 2.63. The van der Waals surface area contributed by atoms with E-state index < -0.39 is 0 Å². The van der Waals surface area contributed by atoms with E-state index in [0.717, 1.165) is 16.6 Å². The first-order valence-corrected chi connectivity index (χ1v) is 9.34. The quantitative estimate of drug-likeness (QED) is 0.464. The third-order valence-corrected chi connectivity index (χ3v) is 5.33. The standard InChI is InChI=1S/C24H18N2O3/c1-29-20-13-7-5-11-18(20)22(27)21-16-9-3-2-8-15(16)14-26-19-12-6-4-10-17(19)24(28)25-23(21)26/h2-13,27H,14H2,1H3. The molecule has 4 aromatic rings. The van der Waals surface area contributed by atoms with E-state index >= 15 is 0 Å². The van der Waals surface area contributed by atoms with Crippen LogP contribution in [0.1, 0.15) is 22.5 Å². The van der Waals surface area contributed by atoms with Crippen LogP contribution in [0.4, 0.5) is 0 Å². The molecule has 1 aromatic heterocycles. The summed E-state index contributed by atoms with van der Waals surface area (Å²) < 4.78 is 7.43. The number of fused-ring (bicyclic) bond motifs is 4. The molecule has 0 bridgehead atoms. The molecule has 5 nitrogen and oxygen atoms in total. The highest BCUT2D eigenvalue weighted by Gasteiger charge is 2.27. The summed E-state index contributed by atoms with van der Waals surface area (Å²) >= 11 is 0. The molecule has 0 atom stereocenters. The number of aliphatic hydroxyl groups excluding tert-OH is 1. The van der Waals surface area contributed by atoms with Gasteiger partial charge in [0.15, 0.2) is 0 Å². The van der Waals surface area contributed by atoms with Crippen LogP contribution >= 0.6 is 0 Å². The zero-order chi connectivity index (χ0) is 20.0. The van der Waals surface area contributed by atoms with Gasteiger partial charge in [-0.25, -0.2) is 0 Å². The van der Waals surface area contributed by atoms with Crippen LogP contribution in [0.15, 0.2) is 77.6 Å². The average Bonchev–Trinajstić information content (AvgIpc) is 2.77. The van der Waals surface area contributed by atoms with Crippen molar-refractivity contribution in [1.82, 2.24) is 9.55 Å². The summed E-state index contributed by atoms with van der Waals surface area (Å²) in [7, 11) is 1.57. The topological polar surface area (TPSA) is 64.3 Å². The minimum atomic E-state index is -0.309. The van der Waals surface area contributed by atoms with Crippen molar-refractivity contribution in [2.45, 2.75) is 6.54 Å². The number of benzene rings is 3. The summed E-state index contributed by atoms with van der Waals surface area (Å²) in [4.78, 5) is 17.1. The lowest BCUT2D eigenvalue weighted by molar-refractivity contribution is 0.408. The molecule has 5 rings (SSSR count). The minimum absolute atomic E-state index is 0.0329. The summed E-state index contributed by atoms with van der Waals surface area (Å²) in [6.07, 6.45) is 0. The van der Waals surface area contributed by atoms with Crippen LogP contribution in [-0.2, 0) is 6.54 Å². The van der Waals surface area contributed by atoms with Crippen molar-refractivity contribution >= 4 is 22.2 Å². The largest absolute Gasteiger partial charge is 0.506 e. The second-order valence-corrected chi connectivity index (χ2v) is 6.92. The Hall–Kier alpha value is -3.86.